The fraction of sp³-hybridized carbons (Fsp3) is 0.286. The average Bonchev–Trinajstić information content (AvgIpc) is 2.80. The van der Waals surface area contributed by atoms with Gasteiger partial charge in [0.1, 0.15) is 5.01 Å². The Morgan fingerprint density at radius 1 is 1.33 bits per heavy atom. The Balaban J connectivity index is 2.04. The summed E-state index contributed by atoms with van der Waals surface area (Å²) >= 11 is 3.46. The molecule has 0 unspecified atom stereocenters. The van der Waals surface area contributed by atoms with Gasteiger partial charge < -0.3 is 0 Å². The van der Waals surface area contributed by atoms with Crippen molar-refractivity contribution in [2.45, 2.75) is 30.4 Å². The van der Waals surface area contributed by atoms with E-state index >= 15 is 0 Å². The van der Waals surface area contributed by atoms with Crippen LogP contribution in [0.3, 0.4) is 0 Å². The Morgan fingerprint density at radius 3 is 2.78 bits per heavy atom. The highest BCUT2D eigenvalue weighted by molar-refractivity contribution is 7.98. The molecular formula is C14H14N2S2. The van der Waals surface area contributed by atoms with Crippen molar-refractivity contribution in [2.24, 2.45) is 0 Å². The lowest BCUT2D eigenvalue weighted by Crippen LogP contribution is -1.87. The molecule has 0 N–H and O–H groups in total. The van der Waals surface area contributed by atoms with Crippen molar-refractivity contribution in [3.05, 3.63) is 45.9 Å². The van der Waals surface area contributed by atoms with E-state index in [-0.39, 0.29) is 0 Å². The van der Waals surface area contributed by atoms with Gasteiger partial charge in [0.25, 0.3) is 0 Å². The molecule has 2 aromatic rings. The smallest absolute Gasteiger partial charge is 0.103 e. The summed E-state index contributed by atoms with van der Waals surface area (Å²) in [4.78, 5) is 6.99. The minimum absolute atomic E-state index is 0.483. The van der Waals surface area contributed by atoms with Crippen LogP contribution in [-0.4, -0.2) is 4.98 Å². The molecule has 0 saturated heterocycles. The van der Waals surface area contributed by atoms with Crippen molar-refractivity contribution in [3.63, 3.8) is 0 Å². The number of benzene rings is 1. The first-order chi connectivity index (χ1) is 8.83. The second-order valence-electron chi connectivity index (χ2n) is 3.77. The second kappa shape index (κ2) is 6.58. The normalized spacial score (nSPS) is 10.2. The number of aryl methyl sites for hydroxylation is 1. The summed E-state index contributed by atoms with van der Waals surface area (Å²) in [6, 6.07) is 12.5. The number of nitriles is 1. The molecule has 1 heterocycles. The number of thioether (sulfide) groups is 1. The third kappa shape index (κ3) is 3.34. The zero-order valence-electron chi connectivity index (χ0n) is 10.2. The molecule has 92 valence electrons. The van der Waals surface area contributed by atoms with E-state index in [0.717, 1.165) is 27.8 Å². The molecule has 0 bridgehead atoms. The van der Waals surface area contributed by atoms with Crippen LogP contribution in [-0.2, 0) is 18.6 Å². The van der Waals surface area contributed by atoms with Gasteiger partial charge in [0, 0.05) is 9.77 Å². The van der Waals surface area contributed by atoms with Crippen LogP contribution in [0.15, 0.2) is 35.2 Å². The van der Waals surface area contributed by atoms with E-state index in [1.807, 2.05) is 18.2 Å². The molecule has 18 heavy (non-hydrogen) atoms. The minimum Gasteiger partial charge on any atom is -0.245 e. The van der Waals surface area contributed by atoms with Crippen LogP contribution < -0.4 is 0 Å². The molecule has 0 aliphatic carbocycles. The summed E-state index contributed by atoms with van der Waals surface area (Å²) in [5.74, 6) is 0.882. The maximum absolute atomic E-state index is 8.78. The SMILES string of the molecule is CCc1nc(CSc2ccccc2)sc1CC#N. The number of hydrogen-bond acceptors (Lipinski definition) is 4. The molecule has 0 atom stereocenters. The minimum atomic E-state index is 0.483. The van der Waals surface area contributed by atoms with Gasteiger partial charge in [-0.25, -0.2) is 4.98 Å². The summed E-state index contributed by atoms with van der Waals surface area (Å²) in [6.07, 6.45) is 1.39. The highest BCUT2D eigenvalue weighted by Crippen LogP contribution is 2.27. The Kier molecular flexibility index (Phi) is 4.80. The molecule has 0 amide bonds. The van der Waals surface area contributed by atoms with Crippen molar-refractivity contribution >= 4 is 23.1 Å². The Morgan fingerprint density at radius 2 is 2.11 bits per heavy atom. The molecule has 0 radical (unpaired) electrons. The summed E-state index contributed by atoms with van der Waals surface area (Å²) in [5.41, 5.74) is 1.09. The fourth-order valence-corrected chi connectivity index (χ4v) is 3.65. The zero-order valence-corrected chi connectivity index (χ0v) is 11.9. The van der Waals surface area contributed by atoms with Gasteiger partial charge in [0.2, 0.25) is 0 Å². The van der Waals surface area contributed by atoms with Crippen LogP contribution in [0, 0.1) is 11.3 Å². The first-order valence-electron chi connectivity index (χ1n) is 5.85. The summed E-state index contributed by atoms with van der Waals surface area (Å²) in [7, 11) is 0. The highest BCUT2D eigenvalue weighted by atomic mass is 32.2. The molecule has 2 rings (SSSR count). The third-order valence-electron chi connectivity index (χ3n) is 2.50. The van der Waals surface area contributed by atoms with Gasteiger partial charge in [-0.3, -0.25) is 0 Å². The molecule has 4 heteroatoms. The van der Waals surface area contributed by atoms with Crippen molar-refractivity contribution in [1.82, 2.24) is 4.98 Å². The van der Waals surface area contributed by atoms with E-state index in [0.29, 0.717) is 6.42 Å². The predicted octanol–water partition coefficient (Wildman–Crippen LogP) is 4.06. The van der Waals surface area contributed by atoms with Gasteiger partial charge in [-0.1, -0.05) is 25.1 Å². The quantitative estimate of drug-likeness (QED) is 0.771. The van der Waals surface area contributed by atoms with Crippen molar-refractivity contribution < 1.29 is 0 Å². The summed E-state index contributed by atoms with van der Waals surface area (Å²) in [6.45, 7) is 2.09. The molecule has 0 fully saturated rings. The van der Waals surface area contributed by atoms with Gasteiger partial charge in [-0.15, -0.1) is 23.1 Å². The van der Waals surface area contributed by atoms with Gasteiger partial charge in [0.15, 0.2) is 0 Å². The molecule has 0 spiro atoms. The summed E-state index contributed by atoms with van der Waals surface area (Å²) in [5, 5.41) is 9.90. The lowest BCUT2D eigenvalue weighted by molar-refractivity contribution is 1.01. The maximum Gasteiger partial charge on any atom is 0.103 e. The third-order valence-corrected chi connectivity index (χ3v) is 4.81. The van der Waals surface area contributed by atoms with Crippen molar-refractivity contribution in [3.8, 4) is 6.07 Å². The molecule has 2 nitrogen and oxygen atoms in total. The lowest BCUT2D eigenvalue weighted by Gasteiger charge is -1.97. The van der Waals surface area contributed by atoms with Gasteiger partial charge >= 0.3 is 0 Å². The van der Waals surface area contributed by atoms with E-state index < -0.39 is 0 Å². The number of rotatable bonds is 5. The first-order valence-corrected chi connectivity index (χ1v) is 7.66. The van der Waals surface area contributed by atoms with Crippen LogP contribution in [0.5, 0.6) is 0 Å². The van der Waals surface area contributed by atoms with Crippen LogP contribution in [0.25, 0.3) is 0 Å². The van der Waals surface area contributed by atoms with Gasteiger partial charge in [-0.2, -0.15) is 5.26 Å². The largest absolute Gasteiger partial charge is 0.245 e. The zero-order chi connectivity index (χ0) is 12.8. The monoisotopic (exact) mass is 274 g/mol. The van der Waals surface area contributed by atoms with Gasteiger partial charge in [-0.05, 0) is 18.6 Å². The molecule has 0 aliphatic heterocycles. The van der Waals surface area contributed by atoms with Crippen molar-refractivity contribution in [1.29, 1.82) is 5.26 Å². The van der Waals surface area contributed by atoms with Crippen LogP contribution in [0.1, 0.15) is 22.5 Å². The number of hydrogen-bond donors (Lipinski definition) is 0. The molecule has 1 aromatic carbocycles. The number of nitrogens with zero attached hydrogens (tertiary/aromatic N) is 2. The highest BCUT2D eigenvalue weighted by Gasteiger charge is 2.09. The first kappa shape index (κ1) is 13.1. The number of thiazole rings is 1. The predicted molar refractivity (Wildman–Crippen MR) is 76.8 cm³/mol. The fourth-order valence-electron chi connectivity index (χ4n) is 1.65. The van der Waals surface area contributed by atoms with E-state index in [2.05, 4.69) is 30.1 Å². The van der Waals surface area contributed by atoms with E-state index in [1.165, 1.54) is 4.90 Å². The molecule has 0 aliphatic rings. The lowest BCUT2D eigenvalue weighted by atomic mass is 10.2. The topological polar surface area (TPSA) is 36.7 Å². The van der Waals surface area contributed by atoms with Crippen LogP contribution in [0.4, 0.5) is 0 Å². The van der Waals surface area contributed by atoms with Crippen LogP contribution >= 0.6 is 23.1 Å². The summed E-state index contributed by atoms with van der Waals surface area (Å²) < 4.78 is 0. The number of aromatic nitrogens is 1. The Bertz CT molecular complexity index is 541. The standard InChI is InChI=1S/C14H14N2S2/c1-2-12-13(8-9-15)18-14(16-12)10-17-11-6-4-3-5-7-11/h3-7H,2,8,10H2,1H3. The average molecular weight is 274 g/mol. The van der Waals surface area contributed by atoms with E-state index in [4.69, 9.17) is 5.26 Å². The van der Waals surface area contributed by atoms with E-state index in [1.54, 1.807) is 23.1 Å². The van der Waals surface area contributed by atoms with Gasteiger partial charge in [0.05, 0.1) is 23.9 Å². The maximum atomic E-state index is 8.78. The Labute approximate surface area is 116 Å². The van der Waals surface area contributed by atoms with E-state index in [9.17, 15) is 0 Å². The second-order valence-corrected chi connectivity index (χ2v) is 5.98. The molecule has 0 saturated carbocycles. The van der Waals surface area contributed by atoms with Crippen LogP contribution in [0.2, 0.25) is 0 Å². The van der Waals surface area contributed by atoms with Crippen molar-refractivity contribution in [2.75, 3.05) is 0 Å². The Hall–Kier alpha value is -1.31. The molecular weight excluding hydrogens is 260 g/mol. The molecule has 1 aromatic heterocycles.